The van der Waals surface area contributed by atoms with Crippen LogP contribution in [-0.4, -0.2) is 26.8 Å². The van der Waals surface area contributed by atoms with Crippen LogP contribution in [0.5, 0.6) is 5.75 Å². The van der Waals surface area contributed by atoms with E-state index in [4.69, 9.17) is 8.83 Å². The van der Waals surface area contributed by atoms with Gasteiger partial charge in [-0.3, -0.25) is 4.79 Å². The van der Waals surface area contributed by atoms with Gasteiger partial charge in [0.25, 0.3) is 11.1 Å². The Morgan fingerprint density at radius 3 is 2.81 bits per heavy atom. The SMILES string of the molecule is O=C(CSc1nnc(-c2ccccc2O)o1)c1ccco1. The third-order valence-electron chi connectivity index (χ3n) is 2.66. The van der Waals surface area contributed by atoms with Crippen LogP contribution < -0.4 is 0 Å². The Hall–Kier alpha value is -2.54. The van der Waals surface area contributed by atoms with Gasteiger partial charge in [-0.05, 0) is 24.3 Å². The Balaban J connectivity index is 1.69. The highest BCUT2D eigenvalue weighted by Crippen LogP contribution is 2.29. The van der Waals surface area contributed by atoms with Crippen LogP contribution in [0.4, 0.5) is 0 Å². The zero-order valence-corrected chi connectivity index (χ0v) is 11.5. The number of hydrogen-bond acceptors (Lipinski definition) is 7. The number of furan rings is 1. The van der Waals surface area contributed by atoms with Crippen molar-refractivity contribution in [2.75, 3.05) is 5.75 Å². The van der Waals surface area contributed by atoms with E-state index in [0.29, 0.717) is 11.3 Å². The van der Waals surface area contributed by atoms with E-state index in [1.807, 2.05) is 0 Å². The van der Waals surface area contributed by atoms with Gasteiger partial charge in [-0.15, -0.1) is 10.2 Å². The predicted octanol–water partition coefficient (Wildman–Crippen LogP) is 3.01. The fourth-order valence-corrected chi connectivity index (χ4v) is 2.30. The average molecular weight is 302 g/mol. The lowest BCUT2D eigenvalue weighted by atomic mass is 10.2. The molecule has 0 aliphatic rings. The Morgan fingerprint density at radius 2 is 2.05 bits per heavy atom. The molecule has 3 rings (SSSR count). The number of nitrogens with zero attached hydrogens (tertiary/aromatic N) is 2. The molecule has 0 aliphatic carbocycles. The van der Waals surface area contributed by atoms with Crippen LogP contribution in [-0.2, 0) is 0 Å². The molecule has 0 saturated heterocycles. The highest BCUT2D eigenvalue weighted by Gasteiger charge is 2.15. The van der Waals surface area contributed by atoms with Gasteiger partial charge in [0.2, 0.25) is 5.78 Å². The summed E-state index contributed by atoms with van der Waals surface area (Å²) >= 11 is 1.12. The molecule has 2 heterocycles. The summed E-state index contributed by atoms with van der Waals surface area (Å²) in [6.45, 7) is 0. The number of carbonyl (C=O) groups is 1. The number of rotatable bonds is 5. The molecule has 1 N–H and O–H groups in total. The first kappa shape index (κ1) is 13.4. The lowest BCUT2D eigenvalue weighted by molar-refractivity contribution is 0.0992. The van der Waals surface area contributed by atoms with Gasteiger partial charge in [-0.2, -0.15) is 0 Å². The minimum absolute atomic E-state index is 0.0596. The number of ketones is 1. The number of phenols is 1. The van der Waals surface area contributed by atoms with Crippen molar-refractivity contribution in [3.63, 3.8) is 0 Å². The Morgan fingerprint density at radius 1 is 1.19 bits per heavy atom. The Kier molecular flexibility index (Phi) is 3.74. The highest BCUT2D eigenvalue weighted by atomic mass is 32.2. The van der Waals surface area contributed by atoms with Crippen molar-refractivity contribution in [2.24, 2.45) is 0 Å². The van der Waals surface area contributed by atoms with Crippen molar-refractivity contribution in [2.45, 2.75) is 5.22 Å². The number of para-hydroxylation sites is 1. The van der Waals surface area contributed by atoms with Gasteiger partial charge in [0.05, 0.1) is 17.6 Å². The van der Waals surface area contributed by atoms with E-state index < -0.39 is 0 Å². The smallest absolute Gasteiger partial charge is 0.277 e. The third kappa shape index (κ3) is 2.97. The number of carbonyl (C=O) groups excluding carboxylic acids is 1. The van der Waals surface area contributed by atoms with Crippen molar-refractivity contribution in [3.05, 3.63) is 48.4 Å². The molecule has 0 fully saturated rings. The largest absolute Gasteiger partial charge is 0.507 e. The van der Waals surface area contributed by atoms with Crippen molar-refractivity contribution in [1.29, 1.82) is 0 Å². The topological polar surface area (TPSA) is 89.4 Å². The minimum atomic E-state index is -0.160. The van der Waals surface area contributed by atoms with E-state index in [-0.39, 0.29) is 28.4 Å². The predicted molar refractivity (Wildman–Crippen MR) is 75.2 cm³/mol. The van der Waals surface area contributed by atoms with Crippen LogP contribution >= 0.6 is 11.8 Å². The molecule has 0 bridgehead atoms. The maximum atomic E-state index is 11.8. The summed E-state index contributed by atoms with van der Waals surface area (Å²) in [5, 5.41) is 17.7. The van der Waals surface area contributed by atoms with Gasteiger partial charge in [-0.25, -0.2) is 0 Å². The maximum Gasteiger partial charge on any atom is 0.277 e. The molecule has 0 spiro atoms. The van der Waals surface area contributed by atoms with E-state index in [9.17, 15) is 9.90 Å². The molecule has 0 unspecified atom stereocenters. The van der Waals surface area contributed by atoms with Crippen molar-refractivity contribution >= 4 is 17.5 Å². The van der Waals surface area contributed by atoms with Crippen LogP contribution in [0.3, 0.4) is 0 Å². The van der Waals surface area contributed by atoms with Crippen molar-refractivity contribution in [3.8, 4) is 17.2 Å². The summed E-state index contributed by atoms with van der Waals surface area (Å²) in [4.78, 5) is 11.8. The first-order chi connectivity index (χ1) is 10.2. The molecule has 0 atom stereocenters. The zero-order valence-electron chi connectivity index (χ0n) is 10.7. The molecule has 0 saturated carbocycles. The molecule has 2 aromatic heterocycles. The average Bonchev–Trinajstić information content (AvgIpc) is 3.17. The van der Waals surface area contributed by atoms with Gasteiger partial charge in [-0.1, -0.05) is 23.9 Å². The van der Waals surface area contributed by atoms with Crippen molar-refractivity contribution < 1.29 is 18.7 Å². The molecular weight excluding hydrogens is 292 g/mol. The Labute approximate surface area is 123 Å². The van der Waals surface area contributed by atoms with E-state index >= 15 is 0 Å². The fourth-order valence-electron chi connectivity index (χ4n) is 1.67. The quantitative estimate of drug-likeness (QED) is 0.572. The van der Waals surface area contributed by atoms with Gasteiger partial charge >= 0.3 is 0 Å². The number of aromatic nitrogens is 2. The standard InChI is InChI=1S/C14H10N2O4S/c17-10-5-2-1-4-9(10)13-15-16-14(20-13)21-8-11(18)12-6-3-7-19-12/h1-7,17H,8H2. The summed E-state index contributed by atoms with van der Waals surface area (Å²) in [6.07, 6.45) is 1.45. The molecule has 106 valence electrons. The number of hydrogen-bond donors (Lipinski definition) is 1. The second-order valence-electron chi connectivity index (χ2n) is 4.08. The first-order valence-electron chi connectivity index (χ1n) is 6.05. The summed E-state index contributed by atoms with van der Waals surface area (Å²) in [6, 6.07) is 9.92. The van der Waals surface area contributed by atoms with E-state index in [1.54, 1.807) is 30.3 Å². The molecule has 6 nitrogen and oxygen atoms in total. The summed E-state index contributed by atoms with van der Waals surface area (Å²) < 4.78 is 10.4. The molecule has 21 heavy (non-hydrogen) atoms. The second-order valence-corrected chi connectivity index (χ2v) is 5.01. The summed E-state index contributed by atoms with van der Waals surface area (Å²) in [5.74, 6) is 0.538. The highest BCUT2D eigenvalue weighted by molar-refractivity contribution is 7.99. The number of Topliss-reactive ketones (excluding diaryl/α,β-unsaturated/α-hetero) is 1. The Bertz CT molecular complexity index is 752. The number of thioether (sulfide) groups is 1. The molecule has 0 amide bonds. The van der Waals surface area contributed by atoms with Gasteiger partial charge in [0.1, 0.15) is 5.75 Å². The normalized spacial score (nSPS) is 10.7. The van der Waals surface area contributed by atoms with Crippen LogP contribution in [0, 0.1) is 0 Å². The zero-order chi connectivity index (χ0) is 14.7. The third-order valence-corrected chi connectivity index (χ3v) is 3.48. The number of aromatic hydroxyl groups is 1. The molecular formula is C14H10N2O4S. The van der Waals surface area contributed by atoms with Crippen LogP contribution in [0.25, 0.3) is 11.5 Å². The number of benzene rings is 1. The molecule has 0 radical (unpaired) electrons. The summed E-state index contributed by atoms with van der Waals surface area (Å²) in [5.41, 5.74) is 0.453. The monoisotopic (exact) mass is 302 g/mol. The molecule has 0 aliphatic heterocycles. The second kappa shape index (κ2) is 5.84. The van der Waals surface area contributed by atoms with Crippen LogP contribution in [0.1, 0.15) is 10.6 Å². The van der Waals surface area contributed by atoms with Crippen LogP contribution in [0.2, 0.25) is 0 Å². The number of phenolic OH excluding ortho intramolecular Hbond substituents is 1. The van der Waals surface area contributed by atoms with E-state index in [0.717, 1.165) is 11.8 Å². The first-order valence-corrected chi connectivity index (χ1v) is 7.04. The van der Waals surface area contributed by atoms with E-state index in [1.165, 1.54) is 12.3 Å². The minimum Gasteiger partial charge on any atom is -0.507 e. The van der Waals surface area contributed by atoms with Crippen LogP contribution in [0.15, 0.2) is 56.7 Å². The van der Waals surface area contributed by atoms with Gasteiger partial charge < -0.3 is 13.9 Å². The maximum absolute atomic E-state index is 11.8. The molecule has 1 aromatic carbocycles. The molecule has 7 heteroatoms. The van der Waals surface area contributed by atoms with E-state index in [2.05, 4.69) is 10.2 Å². The van der Waals surface area contributed by atoms with Gasteiger partial charge in [0, 0.05) is 0 Å². The molecule has 3 aromatic rings. The lowest BCUT2D eigenvalue weighted by Crippen LogP contribution is -2.00. The summed E-state index contributed by atoms with van der Waals surface area (Å²) in [7, 11) is 0. The fraction of sp³-hybridized carbons (Fsp3) is 0.0714. The van der Waals surface area contributed by atoms with Gasteiger partial charge in [0.15, 0.2) is 5.76 Å². The van der Waals surface area contributed by atoms with Crippen molar-refractivity contribution in [1.82, 2.24) is 10.2 Å². The lowest BCUT2D eigenvalue weighted by Gasteiger charge is -1.97.